The van der Waals surface area contributed by atoms with Crippen LogP contribution in [0.2, 0.25) is 0 Å². The maximum Gasteiger partial charge on any atom is 0.162 e. The number of nitrogens with zero attached hydrogens (tertiary/aromatic N) is 1. The van der Waals surface area contributed by atoms with Gasteiger partial charge in [0.1, 0.15) is 0 Å². The molecule has 1 aromatic carbocycles. The number of hydrogen-bond acceptors (Lipinski definition) is 5. The minimum absolute atomic E-state index is 0.119. The molecule has 0 aromatic heterocycles. The van der Waals surface area contributed by atoms with E-state index in [4.69, 9.17) is 14.2 Å². The van der Waals surface area contributed by atoms with Crippen molar-refractivity contribution in [1.82, 2.24) is 10.2 Å². The highest BCUT2D eigenvalue weighted by atomic mass is 79.9. The van der Waals surface area contributed by atoms with Crippen LogP contribution < -0.4 is 14.8 Å². The summed E-state index contributed by atoms with van der Waals surface area (Å²) < 4.78 is 17.6. The summed E-state index contributed by atoms with van der Waals surface area (Å²) >= 11 is 3.63. The smallest absolute Gasteiger partial charge is 0.162 e. The average Bonchev–Trinajstić information content (AvgIpc) is 2.53. The summed E-state index contributed by atoms with van der Waals surface area (Å²) in [7, 11) is 1.67. The monoisotopic (exact) mass is 386 g/mol. The van der Waals surface area contributed by atoms with E-state index < -0.39 is 0 Å². The largest absolute Gasteiger partial charge is 0.493 e. The van der Waals surface area contributed by atoms with Gasteiger partial charge < -0.3 is 19.5 Å². The van der Waals surface area contributed by atoms with Crippen LogP contribution in [0, 0.1) is 0 Å². The van der Waals surface area contributed by atoms with Crippen molar-refractivity contribution in [3.8, 4) is 11.5 Å². The van der Waals surface area contributed by atoms with Crippen LogP contribution in [0.15, 0.2) is 16.6 Å². The van der Waals surface area contributed by atoms with Gasteiger partial charge in [0.2, 0.25) is 0 Å². The molecule has 1 aliphatic heterocycles. The van der Waals surface area contributed by atoms with Crippen LogP contribution in [0.3, 0.4) is 0 Å². The van der Waals surface area contributed by atoms with Gasteiger partial charge in [0.25, 0.3) is 0 Å². The van der Waals surface area contributed by atoms with E-state index in [1.165, 1.54) is 5.56 Å². The standard InChI is InChI=1S/C17H27BrN2O3/c1-13(2)23-17-11-15(18)14(10-16(17)21-3)12-19-4-5-20-6-8-22-9-7-20/h10-11,13,19H,4-9,12H2,1-3H3. The van der Waals surface area contributed by atoms with E-state index in [1.807, 2.05) is 26.0 Å². The summed E-state index contributed by atoms with van der Waals surface area (Å²) in [5.41, 5.74) is 1.17. The molecule has 1 heterocycles. The Bertz CT molecular complexity index is 491. The van der Waals surface area contributed by atoms with E-state index in [9.17, 15) is 0 Å². The van der Waals surface area contributed by atoms with Gasteiger partial charge in [0, 0.05) is 37.2 Å². The van der Waals surface area contributed by atoms with Crippen molar-refractivity contribution in [3.63, 3.8) is 0 Å². The van der Waals surface area contributed by atoms with Crippen LogP contribution in [-0.2, 0) is 11.3 Å². The molecule has 0 amide bonds. The number of benzene rings is 1. The lowest BCUT2D eigenvalue weighted by Gasteiger charge is -2.26. The molecular weight excluding hydrogens is 360 g/mol. The number of morpholine rings is 1. The van der Waals surface area contributed by atoms with Crippen molar-refractivity contribution in [1.29, 1.82) is 0 Å². The Labute approximate surface area is 147 Å². The van der Waals surface area contributed by atoms with Crippen LogP contribution in [0.1, 0.15) is 19.4 Å². The third-order valence-corrected chi connectivity index (χ3v) is 4.46. The maximum atomic E-state index is 5.78. The van der Waals surface area contributed by atoms with Crippen LogP contribution >= 0.6 is 15.9 Å². The molecule has 0 radical (unpaired) electrons. The third kappa shape index (κ3) is 5.95. The molecule has 6 heteroatoms. The van der Waals surface area contributed by atoms with Crippen LogP contribution in [0.25, 0.3) is 0 Å². The van der Waals surface area contributed by atoms with Gasteiger partial charge >= 0.3 is 0 Å². The topological polar surface area (TPSA) is 43.0 Å². The van der Waals surface area contributed by atoms with Gasteiger partial charge in [-0.15, -0.1) is 0 Å². The summed E-state index contributed by atoms with van der Waals surface area (Å²) in [6, 6.07) is 4.02. The fourth-order valence-corrected chi connectivity index (χ4v) is 2.97. The third-order valence-electron chi connectivity index (χ3n) is 3.72. The Hall–Kier alpha value is -0.820. The molecule has 1 fully saturated rings. The Balaban J connectivity index is 1.86. The molecule has 0 atom stereocenters. The molecule has 1 N–H and O–H groups in total. The Morgan fingerprint density at radius 2 is 2.00 bits per heavy atom. The quantitative estimate of drug-likeness (QED) is 0.695. The lowest BCUT2D eigenvalue weighted by Crippen LogP contribution is -2.40. The van der Waals surface area contributed by atoms with Crippen molar-refractivity contribution < 1.29 is 14.2 Å². The summed E-state index contributed by atoms with van der Waals surface area (Å²) in [6.45, 7) is 10.6. The zero-order valence-corrected chi connectivity index (χ0v) is 15.8. The fourth-order valence-electron chi connectivity index (χ4n) is 2.50. The second kappa shape index (κ2) is 9.47. The molecule has 0 aliphatic carbocycles. The molecule has 0 bridgehead atoms. The summed E-state index contributed by atoms with van der Waals surface area (Å²) in [5.74, 6) is 1.54. The summed E-state index contributed by atoms with van der Waals surface area (Å²) in [6.07, 6.45) is 0.119. The predicted molar refractivity (Wildman–Crippen MR) is 95.4 cm³/mol. The number of nitrogens with one attached hydrogen (secondary N) is 1. The molecule has 0 saturated carbocycles. The van der Waals surface area contributed by atoms with Gasteiger partial charge in [-0.3, -0.25) is 4.90 Å². The van der Waals surface area contributed by atoms with Gasteiger partial charge in [-0.25, -0.2) is 0 Å². The van der Waals surface area contributed by atoms with Crippen molar-refractivity contribution in [2.24, 2.45) is 0 Å². The molecular formula is C17H27BrN2O3. The minimum atomic E-state index is 0.119. The highest BCUT2D eigenvalue weighted by molar-refractivity contribution is 9.10. The highest BCUT2D eigenvalue weighted by Crippen LogP contribution is 2.34. The highest BCUT2D eigenvalue weighted by Gasteiger charge is 2.12. The molecule has 0 spiro atoms. The van der Waals surface area contributed by atoms with Gasteiger partial charge in [-0.05, 0) is 31.5 Å². The van der Waals surface area contributed by atoms with E-state index >= 15 is 0 Å². The molecule has 23 heavy (non-hydrogen) atoms. The van der Waals surface area contributed by atoms with Crippen molar-refractivity contribution >= 4 is 15.9 Å². The average molecular weight is 387 g/mol. The lowest BCUT2D eigenvalue weighted by atomic mass is 10.2. The van der Waals surface area contributed by atoms with Gasteiger partial charge in [-0.1, -0.05) is 15.9 Å². The molecule has 1 saturated heterocycles. The maximum absolute atomic E-state index is 5.78. The number of rotatable bonds is 8. The van der Waals surface area contributed by atoms with Crippen LogP contribution in [-0.4, -0.2) is 57.5 Å². The second-order valence-electron chi connectivity index (χ2n) is 5.89. The minimum Gasteiger partial charge on any atom is -0.493 e. The van der Waals surface area contributed by atoms with Crippen LogP contribution in [0.5, 0.6) is 11.5 Å². The second-order valence-corrected chi connectivity index (χ2v) is 6.75. The molecule has 1 aromatic rings. The summed E-state index contributed by atoms with van der Waals surface area (Å²) in [4.78, 5) is 2.42. The number of methoxy groups -OCH3 is 1. The SMILES string of the molecule is COc1cc(CNCCN2CCOCC2)c(Br)cc1OC(C)C. The Morgan fingerprint density at radius 1 is 1.26 bits per heavy atom. The zero-order chi connectivity index (χ0) is 16.7. The predicted octanol–water partition coefficient (Wildman–Crippen LogP) is 2.67. The summed E-state index contributed by atoms with van der Waals surface area (Å²) in [5, 5.41) is 3.49. The van der Waals surface area contributed by atoms with Crippen molar-refractivity contribution in [2.45, 2.75) is 26.5 Å². The molecule has 2 rings (SSSR count). The molecule has 0 unspecified atom stereocenters. The van der Waals surface area contributed by atoms with Crippen LogP contribution in [0.4, 0.5) is 0 Å². The van der Waals surface area contributed by atoms with E-state index in [-0.39, 0.29) is 6.10 Å². The number of ether oxygens (including phenoxy) is 3. The van der Waals surface area contributed by atoms with E-state index in [2.05, 4.69) is 26.1 Å². The number of halogens is 1. The first-order valence-corrected chi connectivity index (χ1v) is 8.93. The molecule has 130 valence electrons. The Kier molecular flexibility index (Phi) is 7.62. The fraction of sp³-hybridized carbons (Fsp3) is 0.647. The number of hydrogen-bond donors (Lipinski definition) is 1. The molecule has 1 aliphatic rings. The molecule has 5 nitrogen and oxygen atoms in total. The first kappa shape index (κ1) is 18.5. The van der Waals surface area contributed by atoms with E-state index in [0.29, 0.717) is 0 Å². The van der Waals surface area contributed by atoms with Crippen molar-refractivity contribution in [3.05, 3.63) is 22.2 Å². The Morgan fingerprint density at radius 3 is 2.65 bits per heavy atom. The van der Waals surface area contributed by atoms with Crippen molar-refractivity contribution in [2.75, 3.05) is 46.5 Å². The first-order chi connectivity index (χ1) is 11.1. The van der Waals surface area contributed by atoms with Gasteiger partial charge in [-0.2, -0.15) is 0 Å². The lowest BCUT2D eigenvalue weighted by molar-refractivity contribution is 0.0384. The zero-order valence-electron chi connectivity index (χ0n) is 14.2. The van der Waals surface area contributed by atoms with Gasteiger partial charge in [0.05, 0.1) is 26.4 Å². The van der Waals surface area contributed by atoms with E-state index in [1.54, 1.807) is 7.11 Å². The van der Waals surface area contributed by atoms with Gasteiger partial charge in [0.15, 0.2) is 11.5 Å². The van der Waals surface area contributed by atoms with E-state index in [0.717, 1.165) is 61.9 Å². The first-order valence-electron chi connectivity index (χ1n) is 8.14. The normalized spacial score (nSPS) is 15.9.